The number of nitrogens with zero attached hydrogens (tertiary/aromatic N) is 7. The number of pyridine rings is 1. The standard InChI is InChI=1S/C21H30N8/c1-3-22-21(28-12-9-17(16-28)13-18-14-24-27(2)15-18)23-10-6-8-20-26-25-19-7-4-5-11-29(19)20/h4-5,7,11,14-15,17H,3,6,8-10,12-13,16H2,1-2H3,(H,22,23). The number of aromatic nitrogens is 5. The maximum Gasteiger partial charge on any atom is 0.193 e. The van der Waals surface area contributed by atoms with Gasteiger partial charge in [-0.05, 0) is 49.8 Å². The topological polar surface area (TPSA) is 75.6 Å². The monoisotopic (exact) mass is 394 g/mol. The summed E-state index contributed by atoms with van der Waals surface area (Å²) in [6, 6.07) is 5.97. The van der Waals surface area contributed by atoms with Crippen molar-refractivity contribution in [3.05, 3.63) is 48.2 Å². The zero-order valence-electron chi connectivity index (χ0n) is 17.3. The number of rotatable bonds is 7. The van der Waals surface area contributed by atoms with E-state index in [4.69, 9.17) is 4.99 Å². The van der Waals surface area contributed by atoms with E-state index in [0.29, 0.717) is 5.92 Å². The summed E-state index contributed by atoms with van der Waals surface area (Å²) in [5, 5.41) is 16.3. The summed E-state index contributed by atoms with van der Waals surface area (Å²) in [4.78, 5) is 7.28. The zero-order valence-corrected chi connectivity index (χ0v) is 17.3. The fraction of sp³-hybridized carbons (Fsp3) is 0.524. The van der Waals surface area contributed by atoms with Crippen molar-refractivity contribution in [2.75, 3.05) is 26.2 Å². The van der Waals surface area contributed by atoms with E-state index in [2.05, 4.69) is 43.0 Å². The number of likely N-dealkylation sites (tertiary alicyclic amines) is 1. The van der Waals surface area contributed by atoms with Crippen LogP contribution in [0.5, 0.6) is 0 Å². The lowest BCUT2D eigenvalue weighted by atomic mass is 10.0. The molecule has 8 heteroatoms. The van der Waals surface area contributed by atoms with Gasteiger partial charge in [-0.15, -0.1) is 10.2 Å². The van der Waals surface area contributed by atoms with Crippen molar-refractivity contribution >= 4 is 11.6 Å². The molecule has 0 radical (unpaired) electrons. The predicted octanol–water partition coefficient (Wildman–Crippen LogP) is 1.93. The van der Waals surface area contributed by atoms with Crippen LogP contribution in [0.2, 0.25) is 0 Å². The fourth-order valence-electron chi connectivity index (χ4n) is 4.01. The summed E-state index contributed by atoms with van der Waals surface area (Å²) in [6.45, 7) is 5.91. The number of nitrogens with one attached hydrogen (secondary N) is 1. The average molecular weight is 395 g/mol. The molecule has 3 aromatic heterocycles. The molecule has 0 saturated carbocycles. The minimum absolute atomic E-state index is 0.658. The highest BCUT2D eigenvalue weighted by atomic mass is 15.3. The van der Waals surface area contributed by atoms with Gasteiger partial charge in [0.1, 0.15) is 5.82 Å². The largest absolute Gasteiger partial charge is 0.357 e. The summed E-state index contributed by atoms with van der Waals surface area (Å²) in [5.74, 6) is 2.69. The smallest absolute Gasteiger partial charge is 0.193 e. The summed E-state index contributed by atoms with van der Waals surface area (Å²) < 4.78 is 3.94. The van der Waals surface area contributed by atoms with Crippen molar-refractivity contribution in [1.82, 2.24) is 34.6 Å². The van der Waals surface area contributed by atoms with E-state index in [9.17, 15) is 0 Å². The lowest BCUT2D eigenvalue weighted by molar-refractivity contribution is 0.459. The summed E-state index contributed by atoms with van der Waals surface area (Å²) in [5.41, 5.74) is 2.22. The van der Waals surface area contributed by atoms with Gasteiger partial charge in [-0.2, -0.15) is 5.10 Å². The molecule has 4 rings (SSSR count). The van der Waals surface area contributed by atoms with Crippen LogP contribution in [0.4, 0.5) is 0 Å². The maximum absolute atomic E-state index is 4.88. The van der Waals surface area contributed by atoms with Crippen LogP contribution in [0.15, 0.2) is 41.8 Å². The van der Waals surface area contributed by atoms with Crippen LogP contribution in [0, 0.1) is 5.92 Å². The Bertz CT molecular complexity index is 956. The van der Waals surface area contributed by atoms with Crippen LogP contribution in [0.3, 0.4) is 0 Å². The van der Waals surface area contributed by atoms with Crippen molar-refractivity contribution in [3.63, 3.8) is 0 Å². The molecule has 0 aromatic carbocycles. The molecule has 1 N–H and O–H groups in total. The molecule has 4 heterocycles. The first-order chi connectivity index (χ1) is 14.2. The second-order valence-corrected chi connectivity index (χ2v) is 7.71. The van der Waals surface area contributed by atoms with Crippen molar-refractivity contribution < 1.29 is 0 Å². The summed E-state index contributed by atoms with van der Waals surface area (Å²) in [6.07, 6.45) is 10.2. The Morgan fingerprint density at radius 2 is 2.24 bits per heavy atom. The molecule has 1 atom stereocenters. The van der Waals surface area contributed by atoms with E-state index >= 15 is 0 Å². The fourth-order valence-corrected chi connectivity index (χ4v) is 4.01. The molecule has 1 aliphatic heterocycles. The van der Waals surface area contributed by atoms with Crippen LogP contribution in [-0.2, 0) is 19.9 Å². The minimum Gasteiger partial charge on any atom is -0.357 e. The van der Waals surface area contributed by atoms with E-state index in [1.54, 1.807) is 0 Å². The SMILES string of the molecule is CCNC(=NCCCc1nnc2ccccn12)N1CCC(Cc2cnn(C)c2)C1. The predicted molar refractivity (Wildman–Crippen MR) is 114 cm³/mol. The normalized spacial score (nSPS) is 17.4. The highest BCUT2D eigenvalue weighted by Crippen LogP contribution is 2.20. The third kappa shape index (κ3) is 4.75. The van der Waals surface area contributed by atoms with Gasteiger partial charge in [0.05, 0.1) is 6.20 Å². The average Bonchev–Trinajstić information content (AvgIpc) is 3.45. The Hall–Kier alpha value is -2.90. The number of fused-ring (bicyclic) bond motifs is 1. The van der Waals surface area contributed by atoms with Gasteiger partial charge >= 0.3 is 0 Å². The molecule has 0 amide bonds. The van der Waals surface area contributed by atoms with E-state index in [0.717, 1.165) is 62.9 Å². The van der Waals surface area contributed by atoms with E-state index in [1.807, 2.05) is 42.3 Å². The Balaban J connectivity index is 1.30. The van der Waals surface area contributed by atoms with Crippen molar-refractivity contribution in [3.8, 4) is 0 Å². The van der Waals surface area contributed by atoms with Gasteiger partial charge in [-0.1, -0.05) is 6.07 Å². The Morgan fingerprint density at radius 3 is 3.07 bits per heavy atom. The lowest BCUT2D eigenvalue weighted by Crippen LogP contribution is -2.40. The van der Waals surface area contributed by atoms with Crippen molar-refractivity contribution in [2.24, 2.45) is 18.0 Å². The highest BCUT2D eigenvalue weighted by molar-refractivity contribution is 5.80. The molecule has 8 nitrogen and oxygen atoms in total. The highest BCUT2D eigenvalue weighted by Gasteiger charge is 2.25. The molecule has 1 fully saturated rings. The van der Waals surface area contributed by atoms with Crippen LogP contribution >= 0.6 is 0 Å². The number of aliphatic imine (C=N–C) groups is 1. The molecular weight excluding hydrogens is 364 g/mol. The molecule has 154 valence electrons. The molecule has 0 aliphatic carbocycles. The zero-order chi connectivity index (χ0) is 20.1. The Labute approximate surface area is 171 Å². The van der Waals surface area contributed by atoms with Gasteiger partial charge < -0.3 is 10.2 Å². The molecule has 0 bridgehead atoms. The molecule has 29 heavy (non-hydrogen) atoms. The molecule has 0 spiro atoms. The molecular formula is C21H30N8. The number of hydrogen-bond acceptors (Lipinski definition) is 4. The molecule has 1 aliphatic rings. The molecule has 3 aromatic rings. The second-order valence-electron chi connectivity index (χ2n) is 7.71. The van der Waals surface area contributed by atoms with Crippen molar-refractivity contribution in [2.45, 2.75) is 32.6 Å². The first kappa shape index (κ1) is 19.4. The summed E-state index contributed by atoms with van der Waals surface area (Å²) in [7, 11) is 1.97. The van der Waals surface area contributed by atoms with Gasteiger partial charge in [0.2, 0.25) is 0 Å². The molecule has 1 saturated heterocycles. The first-order valence-corrected chi connectivity index (χ1v) is 10.5. The Morgan fingerprint density at radius 1 is 1.31 bits per heavy atom. The first-order valence-electron chi connectivity index (χ1n) is 10.5. The van der Waals surface area contributed by atoms with Crippen LogP contribution in [0.25, 0.3) is 5.65 Å². The van der Waals surface area contributed by atoms with Gasteiger partial charge in [-0.3, -0.25) is 14.1 Å². The Kier molecular flexibility index (Phi) is 6.07. The van der Waals surface area contributed by atoms with Gasteiger partial charge in [-0.25, -0.2) is 0 Å². The maximum atomic E-state index is 4.88. The second kappa shape index (κ2) is 9.07. The number of aryl methyl sites for hydroxylation is 2. The number of guanidine groups is 1. The van der Waals surface area contributed by atoms with Gasteiger partial charge in [0.25, 0.3) is 0 Å². The van der Waals surface area contributed by atoms with Crippen LogP contribution in [-0.4, -0.2) is 61.4 Å². The van der Waals surface area contributed by atoms with Crippen molar-refractivity contribution in [1.29, 1.82) is 0 Å². The number of hydrogen-bond donors (Lipinski definition) is 1. The van der Waals surface area contributed by atoms with E-state index in [-0.39, 0.29) is 0 Å². The molecule has 1 unspecified atom stereocenters. The lowest BCUT2D eigenvalue weighted by Gasteiger charge is -2.21. The van der Waals surface area contributed by atoms with Gasteiger partial charge in [0, 0.05) is 52.0 Å². The minimum atomic E-state index is 0.658. The summed E-state index contributed by atoms with van der Waals surface area (Å²) >= 11 is 0. The van der Waals surface area contributed by atoms with E-state index in [1.165, 1.54) is 12.0 Å². The van der Waals surface area contributed by atoms with Gasteiger partial charge in [0.15, 0.2) is 11.6 Å². The van der Waals surface area contributed by atoms with E-state index < -0.39 is 0 Å². The van der Waals surface area contributed by atoms with Crippen LogP contribution in [0.1, 0.15) is 31.2 Å². The quantitative estimate of drug-likeness (QED) is 0.376. The van der Waals surface area contributed by atoms with Crippen LogP contribution < -0.4 is 5.32 Å². The third-order valence-corrected chi connectivity index (χ3v) is 5.41. The third-order valence-electron chi connectivity index (χ3n) is 5.41.